The van der Waals surface area contributed by atoms with E-state index >= 15 is 0 Å². The molecule has 0 saturated heterocycles. The summed E-state index contributed by atoms with van der Waals surface area (Å²) in [5.74, 6) is -0.799. The Kier molecular flexibility index (Phi) is 6.93. The molecule has 28 heavy (non-hydrogen) atoms. The first-order valence-corrected chi connectivity index (χ1v) is 10.1. The third-order valence-electron chi connectivity index (χ3n) is 3.40. The Hall–Kier alpha value is -2.71. The largest absolute Gasteiger partial charge is 0.460 e. The number of hydrogen-bond donors (Lipinski definition) is 1. The standard InChI is InChI=1S/C20H23NO6S/c1-20(2,3)27-18(22)13-14-21-28(24,25)17-11-9-16(10-12-17)26-19(23)15-7-5-4-6-8-15/h4-12,21H,13-14H2,1-3H3. The van der Waals surface area contributed by atoms with Crippen LogP contribution in [0.4, 0.5) is 0 Å². The molecule has 1 N–H and O–H groups in total. The van der Waals surface area contributed by atoms with E-state index in [9.17, 15) is 18.0 Å². The third-order valence-corrected chi connectivity index (χ3v) is 4.87. The molecule has 0 saturated carbocycles. The summed E-state index contributed by atoms with van der Waals surface area (Å²) in [6.45, 7) is 5.13. The minimum atomic E-state index is -3.80. The van der Waals surface area contributed by atoms with Gasteiger partial charge in [-0.25, -0.2) is 17.9 Å². The molecule has 0 unspecified atom stereocenters. The van der Waals surface area contributed by atoms with E-state index in [0.717, 1.165) is 0 Å². The summed E-state index contributed by atoms with van der Waals surface area (Å²) in [6, 6.07) is 13.9. The molecule has 0 bridgehead atoms. The fourth-order valence-corrected chi connectivity index (χ4v) is 3.22. The zero-order chi connectivity index (χ0) is 20.8. The van der Waals surface area contributed by atoms with Gasteiger partial charge in [-0.15, -0.1) is 0 Å². The van der Waals surface area contributed by atoms with Gasteiger partial charge in [0, 0.05) is 6.54 Å². The summed E-state index contributed by atoms with van der Waals surface area (Å²) in [5, 5.41) is 0. The van der Waals surface area contributed by atoms with Gasteiger partial charge >= 0.3 is 11.9 Å². The van der Waals surface area contributed by atoms with Crippen LogP contribution in [0.5, 0.6) is 5.75 Å². The maximum absolute atomic E-state index is 12.3. The van der Waals surface area contributed by atoms with Crippen LogP contribution < -0.4 is 9.46 Å². The van der Waals surface area contributed by atoms with Gasteiger partial charge in [0.25, 0.3) is 0 Å². The van der Waals surface area contributed by atoms with Crippen molar-refractivity contribution in [1.82, 2.24) is 4.72 Å². The molecule has 2 rings (SSSR count). The SMILES string of the molecule is CC(C)(C)OC(=O)CCNS(=O)(=O)c1ccc(OC(=O)c2ccccc2)cc1. The van der Waals surface area contributed by atoms with Crippen LogP contribution in [0.15, 0.2) is 59.5 Å². The highest BCUT2D eigenvalue weighted by molar-refractivity contribution is 7.89. The van der Waals surface area contributed by atoms with E-state index < -0.39 is 27.6 Å². The summed E-state index contributed by atoms with van der Waals surface area (Å²) in [7, 11) is -3.80. The number of nitrogens with one attached hydrogen (secondary N) is 1. The molecule has 0 spiro atoms. The van der Waals surface area contributed by atoms with Gasteiger partial charge in [0.1, 0.15) is 11.4 Å². The number of rotatable bonds is 7. The van der Waals surface area contributed by atoms with Gasteiger partial charge in [-0.1, -0.05) is 18.2 Å². The highest BCUT2D eigenvalue weighted by Gasteiger charge is 2.18. The topological polar surface area (TPSA) is 98.8 Å². The molecule has 8 heteroatoms. The van der Waals surface area contributed by atoms with Crippen LogP contribution in [-0.2, 0) is 19.6 Å². The predicted octanol–water partition coefficient (Wildman–Crippen LogP) is 2.92. The number of sulfonamides is 1. The number of carbonyl (C=O) groups is 2. The van der Waals surface area contributed by atoms with Gasteiger partial charge in [-0.05, 0) is 57.2 Å². The summed E-state index contributed by atoms with van der Waals surface area (Å²) in [6.07, 6.45) is -0.0801. The average molecular weight is 405 g/mol. The molecule has 0 aromatic heterocycles. The van der Waals surface area contributed by atoms with Crippen LogP contribution in [0.1, 0.15) is 37.6 Å². The molecule has 2 aromatic rings. The van der Waals surface area contributed by atoms with E-state index in [2.05, 4.69) is 4.72 Å². The maximum atomic E-state index is 12.3. The first-order valence-electron chi connectivity index (χ1n) is 8.66. The van der Waals surface area contributed by atoms with Gasteiger partial charge in [0.05, 0.1) is 16.9 Å². The van der Waals surface area contributed by atoms with Crippen molar-refractivity contribution in [2.45, 2.75) is 37.7 Å². The Morgan fingerprint density at radius 1 is 0.964 bits per heavy atom. The van der Waals surface area contributed by atoms with Crippen LogP contribution in [0, 0.1) is 0 Å². The molecule has 150 valence electrons. The molecule has 0 radical (unpaired) electrons. The Morgan fingerprint density at radius 3 is 2.14 bits per heavy atom. The summed E-state index contributed by atoms with van der Waals surface area (Å²) >= 11 is 0. The normalized spacial score (nSPS) is 11.7. The minimum Gasteiger partial charge on any atom is -0.460 e. The lowest BCUT2D eigenvalue weighted by atomic mass is 10.2. The van der Waals surface area contributed by atoms with Crippen molar-refractivity contribution >= 4 is 22.0 Å². The van der Waals surface area contributed by atoms with Crippen LogP contribution in [0.25, 0.3) is 0 Å². The first-order chi connectivity index (χ1) is 13.1. The van der Waals surface area contributed by atoms with Crippen molar-refractivity contribution in [3.63, 3.8) is 0 Å². The van der Waals surface area contributed by atoms with Gasteiger partial charge in [-0.2, -0.15) is 0 Å². The van der Waals surface area contributed by atoms with Crippen LogP contribution in [0.3, 0.4) is 0 Å². The van der Waals surface area contributed by atoms with E-state index in [-0.39, 0.29) is 23.6 Å². The van der Waals surface area contributed by atoms with Crippen molar-refractivity contribution in [2.24, 2.45) is 0 Å². The Bertz CT molecular complexity index is 915. The zero-order valence-corrected chi connectivity index (χ0v) is 16.8. The van der Waals surface area contributed by atoms with E-state index in [0.29, 0.717) is 5.56 Å². The van der Waals surface area contributed by atoms with Gasteiger partial charge < -0.3 is 9.47 Å². The lowest BCUT2D eigenvalue weighted by Crippen LogP contribution is -2.29. The molecule has 0 aliphatic rings. The van der Waals surface area contributed by atoms with Gasteiger partial charge in [-0.3, -0.25) is 4.79 Å². The highest BCUT2D eigenvalue weighted by atomic mass is 32.2. The number of ether oxygens (including phenoxy) is 2. The molecule has 0 fully saturated rings. The minimum absolute atomic E-state index is 0.00352. The van der Waals surface area contributed by atoms with Gasteiger partial charge in [0.15, 0.2) is 0 Å². The summed E-state index contributed by atoms with van der Waals surface area (Å²) in [4.78, 5) is 23.6. The van der Waals surface area contributed by atoms with Crippen molar-refractivity contribution < 1.29 is 27.5 Å². The average Bonchev–Trinajstić information content (AvgIpc) is 2.61. The first kappa shape index (κ1) is 21.6. The molecule has 2 aromatic carbocycles. The molecule has 7 nitrogen and oxygen atoms in total. The van der Waals surface area contributed by atoms with Gasteiger partial charge in [0.2, 0.25) is 10.0 Å². The third kappa shape index (κ3) is 6.79. The van der Waals surface area contributed by atoms with E-state index in [1.54, 1.807) is 51.1 Å². The summed E-state index contributed by atoms with van der Waals surface area (Å²) < 4.78 is 37.2. The molecule has 0 atom stereocenters. The molecule has 0 heterocycles. The van der Waals surface area contributed by atoms with Crippen LogP contribution >= 0.6 is 0 Å². The lowest BCUT2D eigenvalue weighted by Gasteiger charge is -2.19. The lowest BCUT2D eigenvalue weighted by molar-refractivity contribution is -0.154. The Balaban J connectivity index is 1.92. The fourth-order valence-electron chi connectivity index (χ4n) is 2.19. The highest BCUT2D eigenvalue weighted by Crippen LogP contribution is 2.17. The Labute approximate surface area is 164 Å². The number of benzene rings is 2. The number of esters is 2. The molecule has 0 aliphatic heterocycles. The van der Waals surface area contributed by atoms with Crippen molar-refractivity contribution in [2.75, 3.05) is 6.54 Å². The molecular formula is C20H23NO6S. The second-order valence-electron chi connectivity index (χ2n) is 6.96. The van der Waals surface area contributed by atoms with Crippen LogP contribution in [0.2, 0.25) is 0 Å². The molecular weight excluding hydrogens is 382 g/mol. The van der Waals surface area contributed by atoms with E-state index in [1.165, 1.54) is 24.3 Å². The monoisotopic (exact) mass is 405 g/mol. The summed E-state index contributed by atoms with van der Waals surface area (Å²) in [5.41, 5.74) is -0.230. The smallest absolute Gasteiger partial charge is 0.343 e. The maximum Gasteiger partial charge on any atom is 0.343 e. The quantitative estimate of drug-likeness (QED) is 0.562. The predicted molar refractivity (Wildman–Crippen MR) is 103 cm³/mol. The van der Waals surface area contributed by atoms with Crippen molar-refractivity contribution in [1.29, 1.82) is 0 Å². The number of carbonyl (C=O) groups excluding carboxylic acids is 2. The second-order valence-corrected chi connectivity index (χ2v) is 8.73. The van der Waals surface area contributed by atoms with E-state index in [1.807, 2.05) is 0 Å². The zero-order valence-electron chi connectivity index (χ0n) is 16.0. The molecule has 0 aliphatic carbocycles. The molecule has 0 amide bonds. The van der Waals surface area contributed by atoms with E-state index in [4.69, 9.17) is 9.47 Å². The van der Waals surface area contributed by atoms with Crippen molar-refractivity contribution in [3.8, 4) is 5.75 Å². The Morgan fingerprint density at radius 2 is 1.57 bits per heavy atom. The fraction of sp³-hybridized carbons (Fsp3) is 0.300. The van der Waals surface area contributed by atoms with Crippen LogP contribution in [-0.4, -0.2) is 32.5 Å². The number of hydrogen-bond acceptors (Lipinski definition) is 6. The second kappa shape index (κ2) is 8.99. The van der Waals surface area contributed by atoms with Crippen molar-refractivity contribution in [3.05, 3.63) is 60.2 Å².